The van der Waals surface area contributed by atoms with Crippen molar-refractivity contribution in [3.63, 3.8) is 0 Å². The molecule has 23 heavy (non-hydrogen) atoms. The summed E-state index contributed by atoms with van der Waals surface area (Å²) < 4.78 is 39.7. The first kappa shape index (κ1) is 16.4. The van der Waals surface area contributed by atoms with Crippen LogP contribution in [0.5, 0.6) is 0 Å². The molecule has 0 spiro atoms. The van der Waals surface area contributed by atoms with Crippen molar-refractivity contribution in [1.29, 1.82) is 10.5 Å². The van der Waals surface area contributed by atoms with Crippen LogP contribution in [0, 0.1) is 22.7 Å². The summed E-state index contributed by atoms with van der Waals surface area (Å²) in [4.78, 5) is 13.9. The third kappa shape index (κ3) is 2.72. The topological polar surface area (TPSA) is 106 Å². The quantitative estimate of drug-likeness (QED) is 0.833. The number of aromatic nitrogens is 1. The van der Waals surface area contributed by atoms with Gasteiger partial charge in [0.25, 0.3) is 5.56 Å². The molecule has 0 radical (unpaired) electrons. The van der Waals surface area contributed by atoms with Gasteiger partial charge in [0.15, 0.2) is 0 Å². The molecule has 3 N–H and O–H groups in total. The highest BCUT2D eigenvalue weighted by Gasteiger charge is 2.36. The first-order chi connectivity index (χ1) is 10.7. The Hall–Kier alpha value is -2.97. The van der Waals surface area contributed by atoms with Crippen molar-refractivity contribution in [1.82, 2.24) is 4.98 Å². The lowest BCUT2D eigenvalue weighted by Gasteiger charge is -2.16. The molecule has 0 aliphatic rings. The van der Waals surface area contributed by atoms with Crippen LogP contribution in [0.3, 0.4) is 0 Å². The third-order valence-corrected chi connectivity index (χ3v) is 3.35. The Labute approximate surface area is 132 Å². The number of nitrogen functional groups attached to an aromatic ring is 1. The molecule has 0 unspecified atom stereocenters. The highest BCUT2D eigenvalue weighted by atomic mass is 35.5. The van der Waals surface area contributed by atoms with Crippen LogP contribution in [0.1, 0.15) is 16.7 Å². The van der Waals surface area contributed by atoms with Crippen LogP contribution in [0.2, 0.25) is 5.02 Å². The van der Waals surface area contributed by atoms with Gasteiger partial charge in [-0.3, -0.25) is 4.79 Å². The predicted molar refractivity (Wildman–Crippen MR) is 76.4 cm³/mol. The number of rotatable bonds is 1. The van der Waals surface area contributed by atoms with Crippen molar-refractivity contribution in [2.45, 2.75) is 6.18 Å². The van der Waals surface area contributed by atoms with Crippen LogP contribution >= 0.6 is 11.6 Å². The summed E-state index contributed by atoms with van der Waals surface area (Å²) in [7, 11) is 0. The van der Waals surface area contributed by atoms with E-state index in [-0.39, 0.29) is 5.02 Å². The number of hydrogen-bond donors (Lipinski definition) is 2. The van der Waals surface area contributed by atoms with E-state index >= 15 is 0 Å². The first-order valence-electron chi connectivity index (χ1n) is 5.94. The van der Waals surface area contributed by atoms with Gasteiger partial charge in [0.1, 0.15) is 29.1 Å². The maximum Gasteiger partial charge on any atom is 0.417 e. The summed E-state index contributed by atoms with van der Waals surface area (Å²) in [5, 5.41) is 17.9. The molecular weight excluding hydrogens is 333 g/mol. The summed E-state index contributed by atoms with van der Waals surface area (Å²) >= 11 is 5.86. The molecule has 0 atom stereocenters. The van der Waals surface area contributed by atoms with E-state index in [0.29, 0.717) is 0 Å². The predicted octanol–water partition coefficient (Wildman–Crippen LogP) is 3.04. The van der Waals surface area contributed by atoms with E-state index in [1.165, 1.54) is 6.07 Å². The number of aromatic amines is 1. The maximum absolute atomic E-state index is 13.2. The minimum absolute atomic E-state index is 0.363. The van der Waals surface area contributed by atoms with Gasteiger partial charge < -0.3 is 10.7 Å². The zero-order valence-electron chi connectivity index (χ0n) is 11.1. The van der Waals surface area contributed by atoms with Crippen molar-refractivity contribution < 1.29 is 13.2 Å². The SMILES string of the molecule is N#Cc1c(N)[nH]c(=O)c(C#N)c1-c1c(Cl)cccc1C(F)(F)F. The van der Waals surface area contributed by atoms with Gasteiger partial charge >= 0.3 is 6.18 Å². The third-order valence-electron chi connectivity index (χ3n) is 3.04. The molecule has 2 aromatic rings. The standard InChI is InChI=1S/C14H6ClF3N4O/c15-9-3-1-2-8(14(16,17)18)11(9)10-6(4-19)12(21)22-13(23)7(10)5-20/h1-3H,(H3,21,22,23). The van der Waals surface area contributed by atoms with E-state index in [2.05, 4.69) is 0 Å². The second kappa shape index (κ2) is 5.67. The Morgan fingerprint density at radius 1 is 1.13 bits per heavy atom. The molecule has 1 aromatic carbocycles. The van der Waals surface area contributed by atoms with Gasteiger partial charge in [-0.2, -0.15) is 23.7 Å². The van der Waals surface area contributed by atoms with Crippen molar-refractivity contribution in [2.24, 2.45) is 0 Å². The van der Waals surface area contributed by atoms with Gasteiger partial charge in [0.05, 0.1) is 5.56 Å². The van der Waals surface area contributed by atoms with Gasteiger partial charge in [-0.15, -0.1) is 0 Å². The van der Waals surface area contributed by atoms with Crippen LogP contribution in [-0.2, 0) is 6.18 Å². The molecule has 0 aliphatic carbocycles. The van der Waals surface area contributed by atoms with E-state index in [1.54, 1.807) is 6.07 Å². The number of nitriles is 2. The van der Waals surface area contributed by atoms with Gasteiger partial charge in [-0.1, -0.05) is 17.7 Å². The minimum atomic E-state index is -4.81. The van der Waals surface area contributed by atoms with E-state index in [9.17, 15) is 23.2 Å². The Balaban J connectivity index is 3.10. The molecule has 1 aromatic heterocycles. The second-order valence-corrected chi connectivity index (χ2v) is 4.78. The monoisotopic (exact) mass is 338 g/mol. The van der Waals surface area contributed by atoms with Crippen LogP contribution in [0.4, 0.5) is 19.0 Å². The van der Waals surface area contributed by atoms with Crippen molar-refractivity contribution in [3.8, 4) is 23.3 Å². The molecule has 0 saturated heterocycles. The molecule has 5 nitrogen and oxygen atoms in total. The number of hydrogen-bond acceptors (Lipinski definition) is 4. The summed E-state index contributed by atoms with van der Waals surface area (Å²) in [5.74, 6) is -0.445. The number of benzene rings is 1. The van der Waals surface area contributed by atoms with Crippen LogP contribution in [0.15, 0.2) is 23.0 Å². The van der Waals surface area contributed by atoms with E-state index in [0.717, 1.165) is 18.2 Å². The number of nitrogens with two attached hydrogens (primary N) is 1. The molecule has 0 aliphatic heterocycles. The summed E-state index contributed by atoms with van der Waals surface area (Å²) in [6.07, 6.45) is -4.81. The lowest BCUT2D eigenvalue weighted by atomic mass is 9.92. The van der Waals surface area contributed by atoms with Gasteiger partial charge in [0, 0.05) is 16.1 Å². The van der Waals surface area contributed by atoms with E-state index in [4.69, 9.17) is 22.6 Å². The lowest BCUT2D eigenvalue weighted by molar-refractivity contribution is -0.137. The zero-order valence-corrected chi connectivity index (χ0v) is 11.9. The second-order valence-electron chi connectivity index (χ2n) is 4.38. The number of pyridine rings is 1. The van der Waals surface area contributed by atoms with E-state index < -0.39 is 45.4 Å². The highest BCUT2D eigenvalue weighted by Crippen LogP contribution is 2.43. The smallest absolute Gasteiger partial charge is 0.384 e. The normalized spacial score (nSPS) is 10.9. The zero-order chi connectivity index (χ0) is 17.4. The van der Waals surface area contributed by atoms with Gasteiger partial charge in [0.2, 0.25) is 0 Å². The average Bonchev–Trinajstić information content (AvgIpc) is 2.45. The molecule has 1 heterocycles. The number of H-pyrrole nitrogens is 1. The van der Waals surface area contributed by atoms with Gasteiger partial charge in [-0.05, 0) is 12.1 Å². The summed E-state index contributed by atoms with van der Waals surface area (Å²) in [6.45, 7) is 0. The van der Waals surface area contributed by atoms with E-state index in [1.807, 2.05) is 4.98 Å². The molecule has 0 amide bonds. The maximum atomic E-state index is 13.2. The molecule has 2 rings (SSSR count). The van der Waals surface area contributed by atoms with Crippen molar-refractivity contribution in [3.05, 3.63) is 50.3 Å². The largest absolute Gasteiger partial charge is 0.417 e. The number of alkyl halides is 3. The average molecular weight is 339 g/mol. The number of anilines is 1. The fraction of sp³-hybridized carbons (Fsp3) is 0.0714. The van der Waals surface area contributed by atoms with Crippen molar-refractivity contribution >= 4 is 17.4 Å². The number of nitrogens with one attached hydrogen (secondary N) is 1. The van der Waals surface area contributed by atoms with Crippen molar-refractivity contribution in [2.75, 3.05) is 5.73 Å². The Bertz CT molecular complexity index is 935. The molecule has 116 valence electrons. The van der Waals surface area contributed by atoms with Crippen LogP contribution in [0.25, 0.3) is 11.1 Å². The number of nitrogens with zero attached hydrogens (tertiary/aromatic N) is 2. The summed E-state index contributed by atoms with van der Waals surface area (Å²) in [5.41, 5.74) is 1.01. The number of halogens is 4. The molecule has 0 fully saturated rings. The fourth-order valence-corrected chi connectivity index (χ4v) is 2.38. The fourth-order valence-electron chi connectivity index (χ4n) is 2.11. The van der Waals surface area contributed by atoms with Gasteiger partial charge in [-0.25, -0.2) is 0 Å². The van der Waals surface area contributed by atoms with Crippen LogP contribution in [-0.4, -0.2) is 4.98 Å². The minimum Gasteiger partial charge on any atom is -0.384 e. The Morgan fingerprint density at radius 2 is 1.74 bits per heavy atom. The Morgan fingerprint density at radius 3 is 2.26 bits per heavy atom. The first-order valence-corrected chi connectivity index (χ1v) is 6.32. The van der Waals surface area contributed by atoms with Crippen LogP contribution < -0.4 is 11.3 Å². The lowest BCUT2D eigenvalue weighted by Crippen LogP contribution is -2.18. The molecule has 9 heteroatoms. The molecule has 0 saturated carbocycles. The Kier molecular flexibility index (Phi) is 4.04. The summed E-state index contributed by atoms with van der Waals surface area (Å²) in [6, 6.07) is 6.06. The highest BCUT2D eigenvalue weighted by molar-refractivity contribution is 6.33. The molecular formula is C14H6ClF3N4O. The molecule has 0 bridgehead atoms.